The molecular formula is C8H15NO. The van der Waals surface area contributed by atoms with Crippen LogP contribution >= 0.6 is 0 Å². The minimum Gasteiger partial charge on any atom is -0.317 e. The topological polar surface area (TPSA) is 29.1 Å². The zero-order valence-electron chi connectivity index (χ0n) is 6.90. The van der Waals surface area contributed by atoms with Crippen LogP contribution in [0.25, 0.3) is 0 Å². The molecule has 2 nitrogen and oxygen atoms in total. The first-order valence-corrected chi connectivity index (χ1v) is 3.77. The van der Waals surface area contributed by atoms with E-state index in [0.29, 0.717) is 18.2 Å². The molecule has 1 atom stereocenters. The van der Waals surface area contributed by atoms with Crippen LogP contribution in [-0.2, 0) is 4.79 Å². The second kappa shape index (κ2) is 2.35. The number of hydrogen-bond acceptors (Lipinski definition) is 2. The molecule has 1 fully saturated rings. The summed E-state index contributed by atoms with van der Waals surface area (Å²) in [4.78, 5) is 11.2. The number of hydrogen-bond donors (Lipinski definition) is 1. The van der Waals surface area contributed by atoms with Crippen LogP contribution in [0.15, 0.2) is 0 Å². The molecule has 0 radical (unpaired) electrons. The summed E-state index contributed by atoms with van der Waals surface area (Å²) in [5, 5.41) is 3.13. The predicted octanol–water partition coefficient (Wildman–Crippen LogP) is 0.963. The third-order valence-corrected chi connectivity index (χ3v) is 2.35. The molecule has 1 unspecified atom stereocenters. The van der Waals surface area contributed by atoms with E-state index in [1.54, 1.807) is 0 Å². The van der Waals surface area contributed by atoms with E-state index < -0.39 is 0 Å². The monoisotopic (exact) mass is 141 g/mol. The van der Waals surface area contributed by atoms with E-state index in [-0.39, 0.29) is 5.41 Å². The number of ketones is 1. The van der Waals surface area contributed by atoms with E-state index in [1.165, 1.54) is 0 Å². The van der Waals surface area contributed by atoms with Crippen molar-refractivity contribution in [2.75, 3.05) is 7.05 Å². The molecule has 1 N–H and O–H groups in total. The van der Waals surface area contributed by atoms with Crippen molar-refractivity contribution in [3.8, 4) is 0 Å². The van der Waals surface area contributed by atoms with Crippen molar-refractivity contribution >= 4 is 5.78 Å². The van der Waals surface area contributed by atoms with Gasteiger partial charge in [0.05, 0.1) is 0 Å². The average molecular weight is 141 g/mol. The van der Waals surface area contributed by atoms with Gasteiger partial charge >= 0.3 is 0 Å². The van der Waals surface area contributed by atoms with Gasteiger partial charge in [-0.3, -0.25) is 4.79 Å². The highest BCUT2D eigenvalue weighted by molar-refractivity contribution is 5.86. The lowest BCUT2D eigenvalue weighted by Crippen LogP contribution is -2.22. The van der Waals surface area contributed by atoms with Crippen LogP contribution in [0.2, 0.25) is 0 Å². The van der Waals surface area contributed by atoms with Gasteiger partial charge in [0.15, 0.2) is 0 Å². The van der Waals surface area contributed by atoms with Crippen LogP contribution in [0.3, 0.4) is 0 Å². The highest BCUT2D eigenvalue weighted by atomic mass is 16.1. The van der Waals surface area contributed by atoms with Crippen molar-refractivity contribution < 1.29 is 4.79 Å². The maximum atomic E-state index is 11.2. The van der Waals surface area contributed by atoms with Crippen LogP contribution in [0.4, 0.5) is 0 Å². The number of carbonyl (C=O) groups is 1. The van der Waals surface area contributed by atoms with Gasteiger partial charge in [-0.15, -0.1) is 0 Å². The largest absolute Gasteiger partial charge is 0.317 e. The van der Waals surface area contributed by atoms with Crippen LogP contribution in [-0.4, -0.2) is 18.9 Å². The van der Waals surface area contributed by atoms with Gasteiger partial charge in [-0.25, -0.2) is 0 Å². The molecule has 1 aliphatic rings. The molecule has 58 valence electrons. The fourth-order valence-electron chi connectivity index (χ4n) is 1.51. The van der Waals surface area contributed by atoms with Gasteiger partial charge in [-0.2, -0.15) is 0 Å². The molecule has 1 aliphatic carbocycles. The van der Waals surface area contributed by atoms with E-state index in [0.717, 1.165) is 6.42 Å². The van der Waals surface area contributed by atoms with Gasteiger partial charge < -0.3 is 5.32 Å². The SMILES string of the molecule is CNC1CC(=O)C(C)(C)C1. The second-order valence-electron chi connectivity index (χ2n) is 3.70. The molecule has 10 heavy (non-hydrogen) atoms. The molecule has 0 heterocycles. The number of carbonyl (C=O) groups excluding carboxylic acids is 1. The quantitative estimate of drug-likeness (QED) is 0.589. The van der Waals surface area contributed by atoms with Crippen LogP contribution in [0.5, 0.6) is 0 Å². The van der Waals surface area contributed by atoms with Crippen molar-refractivity contribution in [3.63, 3.8) is 0 Å². The van der Waals surface area contributed by atoms with Crippen molar-refractivity contribution in [1.82, 2.24) is 5.32 Å². The van der Waals surface area contributed by atoms with Crippen molar-refractivity contribution in [1.29, 1.82) is 0 Å². The molecule has 0 aromatic rings. The van der Waals surface area contributed by atoms with Gasteiger partial charge in [-0.1, -0.05) is 13.8 Å². The Morgan fingerprint density at radius 1 is 1.60 bits per heavy atom. The first kappa shape index (κ1) is 7.73. The minimum absolute atomic E-state index is 0.0757. The minimum atomic E-state index is -0.0757. The Balaban J connectivity index is 2.62. The van der Waals surface area contributed by atoms with Gasteiger partial charge in [0.1, 0.15) is 5.78 Å². The summed E-state index contributed by atoms with van der Waals surface area (Å²) in [5.41, 5.74) is -0.0757. The van der Waals surface area contributed by atoms with E-state index in [1.807, 2.05) is 20.9 Å². The molecule has 0 bridgehead atoms. The molecule has 1 rings (SSSR count). The van der Waals surface area contributed by atoms with Gasteiger partial charge in [0.2, 0.25) is 0 Å². The fraction of sp³-hybridized carbons (Fsp3) is 0.875. The molecule has 0 amide bonds. The molecule has 0 spiro atoms. The highest BCUT2D eigenvalue weighted by Crippen LogP contribution is 2.33. The first-order valence-electron chi connectivity index (χ1n) is 3.77. The molecule has 0 aromatic heterocycles. The maximum absolute atomic E-state index is 11.2. The Bertz CT molecular complexity index is 151. The van der Waals surface area contributed by atoms with Gasteiger partial charge in [-0.05, 0) is 13.5 Å². The second-order valence-corrected chi connectivity index (χ2v) is 3.70. The third kappa shape index (κ3) is 1.21. The van der Waals surface area contributed by atoms with E-state index in [2.05, 4.69) is 5.32 Å². The maximum Gasteiger partial charge on any atom is 0.140 e. The van der Waals surface area contributed by atoms with Crippen molar-refractivity contribution in [2.45, 2.75) is 32.7 Å². The zero-order chi connectivity index (χ0) is 7.78. The van der Waals surface area contributed by atoms with Crippen LogP contribution in [0.1, 0.15) is 26.7 Å². The lowest BCUT2D eigenvalue weighted by molar-refractivity contribution is -0.124. The Morgan fingerprint density at radius 2 is 2.20 bits per heavy atom. The number of rotatable bonds is 1. The Labute approximate surface area is 62.0 Å². The number of nitrogens with one attached hydrogen (secondary N) is 1. The summed E-state index contributed by atoms with van der Waals surface area (Å²) in [6, 6.07) is 0.419. The highest BCUT2D eigenvalue weighted by Gasteiger charge is 2.37. The van der Waals surface area contributed by atoms with Crippen LogP contribution < -0.4 is 5.32 Å². The summed E-state index contributed by atoms with van der Waals surface area (Å²) in [6.45, 7) is 4.04. The third-order valence-electron chi connectivity index (χ3n) is 2.35. The van der Waals surface area contributed by atoms with E-state index >= 15 is 0 Å². The first-order chi connectivity index (χ1) is 4.56. The summed E-state index contributed by atoms with van der Waals surface area (Å²) in [7, 11) is 1.92. The summed E-state index contributed by atoms with van der Waals surface area (Å²) in [5.74, 6) is 0.395. The summed E-state index contributed by atoms with van der Waals surface area (Å²) >= 11 is 0. The van der Waals surface area contributed by atoms with Gasteiger partial charge in [0, 0.05) is 17.9 Å². The normalized spacial score (nSPS) is 31.1. The molecule has 1 saturated carbocycles. The molecule has 0 saturated heterocycles. The lowest BCUT2D eigenvalue weighted by atomic mass is 9.91. The summed E-state index contributed by atoms with van der Waals surface area (Å²) < 4.78 is 0. The van der Waals surface area contributed by atoms with E-state index in [4.69, 9.17) is 0 Å². The molecule has 0 aromatic carbocycles. The predicted molar refractivity (Wildman–Crippen MR) is 40.9 cm³/mol. The molecule has 0 aliphatic heterocycles. The van der Waals surface area contributed by atoms with Crippen molar-refractivity contribution in [2.24, 2.45) is 5.41 Å². The Hall–Kier alpha value is -0.370. The smallest absolute Gasteiger partial charge is 0.140 e. The Kier molecular flexibility index (Phi) is 1.82. The standard InChI is InChI=1S/C8H15NO/c1-8(2)5-6(9-3)4-7(8)10/h6,9H,4-5H2,1-3H3. The van der Waals surface area contributed by atoms with E-state index in [9.17, 15) is 4.79 Å². The molecule has 2 heteroatoms. The van der Waals surface area contributed by atoms with Gasteiger partial charge in [0.25, 0.3) is 0 Å². The zero-order valence-corrected chi connectivity index (χ0v) is 6.90. The average Bonchev–Trinajstić information content (AvgIpc) is 2.08. The molecular weight excluding hydrogens is 126 g/mol. The summed E-state index contributed by atoms with van der Waals surface area (Å²) in [6.07, 6.45) is 1.70. The lowest BCUT2D eigenvalue weighted by Gasteiger charge is -2.14. The fourth-order valence-corrected chi connectivity index (χ4v) is 1.51. The Morgan fingerprint density at radius 3 is 2.40 bits per heavy atom. The van der Waals surface area contributed by atoms with Crippen LogP contribution in [0, 0.1) is 5.41 Å². The van der Waals surface area contributed by atoms with Crippen molar-refractivity contribution in [3.05, 3.63) is 0 Å². The number of Topliss-reactive ketones (excluding diaryl/α,β-unsaturated/α-hetero) is 1.